The molecule has 2 fully saturated rings. The summed E-state index contributed by atoms with van der Waals surface area (Å²) >= 11 is 0. The Morgan fingerprint density at radius 2 is 1.84 bits per heavy atom. The molecule has 0 aromatic carbocycles. The minimum Gasteiger partial charge on any atom is -0.340 e. The third-order valence-corrected chi connectivity index (χ3v) is 4.90. The van der Waals surface area contributed by atoms with Gasteiger partial charge in [0.1, 0.15) is 11.1 Å². The van der Waals surface area contributed by atoms with Crippen molar-refractivity contribution in [3.63, 3.8) is 0 Å². The van der Waals surface area contributed by atoms with Gasteiger partial charge in [0.2, 0.25) is 11.8 Å². The fourth-order valence-electron chi connectivity index (χ4n) is 3.54. The first kappa shape index (κ1) is 14.1. The van der Waals surface area contributed by atoms with Gasteiger partial charge in [-0.15, -0.1) is 6.58 Å². The number of nitrogens with zero attached hydrogens (tertiary/aromatic N) is 1. The van der Waals surface area contributed by atoms with Crippen molar-refractivity contribution in [1.29, 1.82) is 0 Å². The minimum atomic E-state index is -0.714. The van der Waals surface area contributed by atoms with Crippen LogP contribution in [-0.4, -0.2) is 34.3 Å². The summed E-state index contributed by atoms with van der Waals surface area (Å²) in [5.74, 6) is 0.106. The van der Waals surface area contributed by atoms with Gasteiger partial charge in [-0.3, -0.25) is 9.59 Å². The van der Waals surface area contributed by atoms with Crippen molar-refractivity contribution in [2.24, 2.45) is 0 Å². The molecule has 1 heterocycles. The van der Waals surface area contributed by atoms with Crippen LogP contribution in [0.4, 0.5) is 0 Å². The molecule has 1 aliphatic carbocycles. The van der Waals surface area contributed by atoms with Crippen LogP contribution in [0.25, 0.3) is 0 Å². The second-order valence-corrected chi connectivity index (χ2v) is 5.69. The molecule has 2 aliphatic rings. The topological polar surface area (TPSA) is 49.4 Å². The van der Waals surface area contributed by atoms with E-state index in [1.54, 1.807) is 11.0 Å². The molecule has 19 heavy (non-hydrogen) atoms. The Morgan fingerprint density at radius 1 is 1.26 bits per heavy atom. The molecule has 1 saturated heterocycles. The number of rotatable bonds is 4. The number of carbonyl (C=O) groups is 2. The number of amides is 2. The third kappa shape index (κ3) is 1.88. The zero-order valence-electron chi connectivity index (χ0n) is 12.0. The number of hydrogen-bond donors (Lipinski definition) is 1. The highest BCUT2D eigenvalue weighted by Crippen LogP contribution is 2.41. The fraction of sp³-hybridized carbons (Fsp3) is 0.733. The largest absolute Gasteiger partial charge is 0.340 e. The summed E-state index contributed by atoms with van der Waals surface area (Å²) in [6, 6.07) is 0. The van der Waals surface area contributed by atoms with Gasteiger partial charge < -0.3 is 10.2 Å². The quantitative estimate of drug-likeness (QED) is 0.790. The molecule has 2 rings (SSSR count). The molecular weight excluding hydrogens is 240 g/mol. The van der Waals surface area contributed by atoms with E-state index in [4.69, 9.17) is 0 Å². The molecule has 0 aromatic heterocycles. The lowest BCUT2D eigenvalue weighted by Gasteiger charge is -2.50. The van der Waals surface area contributed by atoms with Crippen LogP contribution in [0.2, 0.25) is 0 Å². The zero-order chi connectivity index (χ0) is 14.1. The molecule has 0 atom stereocenters. The Hall–Kier alpha value is -1.32. The van der Waals surface area contributed by atoms with E-state index in [0.29, 0.717) is 19.4 Å². The summed E-state index contributed by atoms with van der Waals surface area (Å²) in [5, 5.41) is 3.04. The van der Waals surface area contributed by atoms with Gasteiger partial charge in [-0.25, -0.2) is 0 Å². The van der Waals surface area contributed by atoms with E-state index in [2.05, 4.69) is 11.9 Å². The van der Waals surface area contributed by atoms with Crippen molar-refractivity contribution in [2.75, 3.05) is 6.54 Å². The molecule has 0 bridgehead atoms. The summed E-state index contributed by atoms with van der Waals surface area (Å²) in [6.45, 7) is 8.13. The van der Waals surface area contributed by atoms with Crippen LogP contribution >= 0.6 is 0 Å². The Labute approximate surface area is 115 Å². The summed E-state index contributed by atoms with van der Waals surface area (Å²) in [7, 11) is 0. The van der Waals surface area contributed by atoms with E-state index in [-0.39, 0.29) is 11.8 Å². The van der Waals surface area contributed by atoms with Crippen molar-refractivity contribution in [3.05, 3.63) is 12.7 Å². The lowest BCUT2D eigenvalue weighted by molar-refractivity contribution is -0.162. The van der Waals surface area contributed by atoms with E-state index in [1.807, 2.05) is 13.8 Å². The van der Waals surface area contributed by atoms with Crippen LogP contribution in [0.15, 0.2) is 12.7 Å². The average Bonchev–Trinajstić information content (AvgIpc) is 2.90. The number of nitrogens with one attached hydrogen (secondary N) is 1. The molecule has 1 spiro atoms. The Balaban J connectivity index is 2.42. The number of carbonyl (C=O) groups excluding carboxylic acids is 2. The van der Waals surface area contributed by atoms with E-state index >= 15 is 0 Å². The van der Waals surface area contributed by atoms with E-state index < -0.39 is 11.1 Å². The van der Waals surface area contributed by atoms with Crippen molar-refractivity contribution >= 4 is 11.8 Å². The number of hydrogen-bond acceptors (Lipinski definition) is 2. The molecule has 4 heteroatoms. The van der Waals surface area contributed by atoms with Gasteiger partial charge in [0.15, 0.2) is 0 Å². The molecule has 4 nitrogen and oxygen atoms in total. The first-order valence-corrected chi connectivity index (χ1v) is 7.32. The maximum atomic E-state index is 12.9. The first-order chi connectivity index (χ1) is 9.06. The second-order valence-electron chi connectivity index (χ2n) is 5.69. The maximum Gasteiger partial charge on any atom is 0.249 e. The Bertz CT molecular complexity index is 393. The SMILES string of the molecule is C=CCN1C(=O)C(CC)(CC)NC(=O)C12CCCC2. The fourth-order valence-corrected chi connectivity index (χ4v) is 3.54. The molecular formula is C15H24N2O2. The van der Waals surface area contributed by atoms with Crippen LogP contribution in [-0.2, 0) is 9.59 Å². The van der Waals surface area contributed by atoms with Crippen LogP contribution < -0.4 is 5.32 Å². The van der Waals surface area contributed by atoms with Crippen molar-refractivity contribution in [3.8, 4) is 0 Å². The first-order valence-electron chi connectivity index (χ1n) is 7.32. The molecule has 1 saturated carbocycles. The summed E-state index contributed by atoms with van der Waals surface area (Å²) in [4.78, 5) is 27.3. The van der Waals surface area contributed by atoms with Gasteiger partial charge in [-0.2, -0.15) is 0 Å². The predicted octanol–water partition coefficient (Wildman–Crippen LogP) is 2.00. The van der Waals surface area contributed by atoms with Crippen LogP contribution in [0.3, 0.4) is 0 Å². The van der Waals surface area contributed by atoms with E-state index in [0.717, 1.165) is 25.7 Å². The van der Waals surface area contributed by atoms with Gasteiger partial charge in [0.05, 0.1) is 0 Å². The highest BCUT2D eigenvalue weighted by atomic mass is 16.2. The summed E-state index contributed by atoms with van der Waals surface area (Å²) in [6.07, 6.45) is 6.59. The van der Waals surface area contributed by atoms with Gasteiger partial charge >= 0.3 is 0 Å². The van der Waals surface area contributed by atoms with Crippen LogP contribution in [0.1, 0.15) is 52.4 Å². The second kappa shape index (κ2) is 4.99. The van der Waals surface area contributed by atoms with Crippen molar-refractivity contribution < 1.29 is 9.59 Å². The predicted molar refractivity (Wildman–Crippen MR) is 74.6 cm³/mol. The lowest BCUT2D eigenvalue weighted by Crippen LogP contribution is -2.74. The average molecular weight is 264 g/mol. The highest BCUT2D eigenvalue weighted by Gasteiger charge is 2.57. The molecule has 106 valence electrons. The Kier molecular flexibility index (Phi) is 3.70. The Morgan fingerprint density at radius 3 is 2.32 bits per heavy atom. The molecule has 0 unspecified atom stereocenters. The van der Waals surface area contributed by atoms with Crippen molar-refractivity contribution in [1.82, 2.24) is 10.2 Å². The van der Waals surface area contributed by atoms with Crippen LogP contribution in [0, 0.1) is 0 Å². The zero-order valence-corrected chi connectivity index (χ0v) is 12.0. The van der Waals surface area contributed by atoms with Gasteiger partial charge in [0.25, 0.3) is 0 Å². The molecule has 0 radical (unpaired) electrons. The van der Waals surface area contributed by atoms with Crippen LogP contribution in [0.5, 0.6) is 0 Å². The van der Waals surface area contributed by atoms with E-state index in [1.165, 1.54) is 0 Å². The number of piperazine rings is 1. The monoisotopic (exact) mass is 264 g/mol. The standard InChI is InChI=1S/C15H24N2O2/c1-4-11-17-13(19)14(5-2,6-3)16-12(18)15(17)9-7-8-10-15/h4H,1,5-11H2,2-3H3,(H,16,18). The summed E-state index contributed by atoms with van der Waals surface area (Å²) in [5.41, 5.74) is -1.33. The molecule has 1 aliphatic heterocycles. The highest BCUT2D eigenvalue weighted by molar-refractivity contribution is 6.02. The third-order valence-electron chi connectivity index (χ3n) is 4.90. The van der Waals surface area contributed by atoms with Crippen molar-refractivity contribution in [2.45, 2.75) is 63.5 Å². The van der Waals surface area contributed by atoms with Gasteiger partial charge in [0, 0.05) is 6.54 Å². The summed E-state index contributed by atoms with van der Waals surface area (Å²) < 4.78 is 0. The minimum absolute atomic E-state index is 0.0372. The smallest absolute Gasteiger partial charge is 0.249 e. The van der Waals surface area contributed by atoms with Gasteiger partial charge in [-0.1, -0.05) is 32.8 Å². The normalized spacial score (nSPS) is 24.6. The molecule has 2 amide bonds. The molecule has 0 aromatic rings. The van der Waals surface area contributed by atoms with E-state index in [9.17, 15) is 9.59 Å². The molecule has 1 N–H and O–H groups in total. The maximum absolute atomic E-state index is 12.9. The van der Waals surface area contributed by atoms with Gasteiger partial charge in [-0.05, 0) is 25.7 Å². The lowest BCUT2D eigenvalue weighted by atomic mass is 9.81.